The molecule has 0 saturated carbocycles. The molecule has 5 nitrogen and oxygen atoms in total. The number of hydrogen-bond donors (Lipinski definition) is 0. The van der Waals surface area contributed by atoms with E-state index < -0.39 is 0 Å². The van der Waals surface area contributed by atoms with Crippen LogP contribution in [-0.4, -0.2) is 69.9 Å². The minimum atomic E-state index is -0.300. The Kier molecular flexibility index (Phi) is 4.04. The molecule has 1 aromatic rings. The van der Waals surface area contributed by atoms with Crippen LogP contribution < -0.4 is 0 Å². The maximum atomic E-state index is 12.8. The summed E-state index contributed by atoms with van der Waals surface area (Å²) >= 11 is 1.68. The van der Waals surface area contributed by atoms with E-state index in [0.717, 1.165) is 18.8 Å². The number of rotatable bonds is 2. The second-order valence-corrected chi connectivity index (χ2v) is 8.04. The highest BCUT2D eigenvalue weighted by atomic mass is 32.2. The number of amides is 2. The smallest absolute Gasteiger partial charge is 0.248 e. The van der Waals surface area contributed by atoms with Gasteiger partial charge in [0.15, 0.2) is 0 Å². The fourth-order valence-electron chi connectivity index (χ4n) is 3.92. The highest BCUT2D eigenvalue weighted by molar-refractivity contribution is 7.99. The number of hydrogen-bond acceptors (Lipinski definition) is 4. The molecule has 128 valence electrons. The maximum absolute atomic E-state index is 12.8. The molecular weight excluding hydrogens is 322 g/mol. The average molecular weight is 345 g/mol. The summed E-state index contributed by atoms with van der Waals surface area (Å²) in [6.45, 7) is 7.23. The molecule has 3 fully saturated rings. The largest absolute Gasteiger partial charge is 0.326 e. The third kappa shape index (κ3) is 2.62. The quantitative estimate of drug-likeness (QED) is 0.809. The molecule has 0 aromatic heterocycles. The minimum absolute atomic E-state index is 0.135. The molecule has 2 amide bonds. The summed E-state index contributed by atoms with van der Waals surface area (Å²) in [4.78, 5) is 31.4. The van der Waals surface area contributed by atoms with Gasteiger partial charge in [-0.3, -0.25) is 14.5 Å². The van der Waals surface area contributed by atoms with Gasteiger partial charge in [0.05, 0.1) is 5.88 Å². The standard InChI is InChI=1S/C18H23N3O2S/c1-12-3-4-13(2)14(7-12)8-19-5-6-20-15(9-19)17(22)21-11-24-10-16(21)18(20)23/h3-4,7,15-16H,5-6,8-11H2,1-2H3/t15-,16+/m1/s1. The van der Waals surface area contributed by atoms with Crippen molar-refractivity contribution < 1.29 is 9.59 Å². The van der Waals surface area contributed by atoms with Crippen LogP contribution in [0.1, 0.15) is 16.7 Å². The van der Waals surface area contributed by atoms with Gasteiger partial charge < -0.3 is 9.80 Å². The summed E-state index contributed by atoms with van der Waals surface area (Å²) in [7, 11) is 0. The molecule has 2 atom stereocenters. The van der Waals surface area contributed by atoms with Crippen LogP contribution >= 0.6 is 11.8 Å². The fraction of sp³-hybridized carbons (Fsp3) is 0.556. The Bertz CT molecular complexity index is 693. The zero-order valence-electron chi connectivity index (χ0n) is 14.2. The van der Waals surface area contributed by atoms with Crippen molar-refractivity contribution in [3.05, 3.63) is 34.9 Å². The lowest BCUT2D eigenvalue weighted by molar-refractivity contribution is -0.162. The van der Waals surface area contributed by atoms with E-state index in [1.54, 1.807) is 16.7 Å². The van der Waals surface area contributed by atoms with Crippen molar-refractivity contribution in [2.45, 2.75) is 32.5 Å². The van der Waals surface area contributed by atoms with Crippen LogP contribution in [0.25, 0.3) is 0 Å². The molecule has 0 unspecified atom stereocenters. The van der Waals surface area contributed by atoms with E-state index in [2.05, 4.69) is 36.9 Å². The highest BCUT2D eigenvalue weighted by Crippen LogP contribution is 2.30. The fourth-order valence-corrected chi connectivity index (χ4v) is 5.07. The van der Waals surface area contributed by atoms with E-state index in [9.17, 15) is 9.59 Å². The summed E-state index contributed by atoms with van der Waals surface area (Å²) in [6.07, 6.45) is 0. The van der Waals surface area contributed by atoms with Gasteiger partial charge in [-0.25, -0.2) is 0 Å². The van der Waals surface area contributed by atoms with Crippen molar-refractivity contribution in [2.24, 2.45) is 0 Å². The number of aryl methyl sites for hydroxylation is 2. The molecule has 4 rings (SSSR count). The van der Waals surface area contributed by atoms with Crippen LogP contribution in [0, 0.1) is 13.8 Å². The van der Waals surface area contributed by atoms with Crippen molar-refractivity contribution >= 4 is 23.6 Å². The van der Waals surface area contributed by atoms with Gasteiger partial charge in [0.1, 0.15) is 12.1 Å². The van der Waals surface area contributed by atoms with Crippen molar-refractivity contribution in [1.29, 1.82) is 0 Å². The van der Waals surface area contributed by atoms with Gasteiger partial charge in [0, 0.05) is 31.9 Å². The van der Waals surface area contributed by atoms with Gasteiger partial charge >= 0.3 is 0 Å². The van der Waals surface area contributed by atoms with Crippen molar-refractivity contribution in [1.82, 2.24) is 14.7 Å². The summed E-state index contributed by atoms with van der Waals surface area (Å²) in [5.41, 5.74) is 3.85. The van der Waals surface area contributed by atoms with E-state index in [1.807, 2.05) is 4.90 Å². The Morgan fingerprint density at radius 1 is 1.08 bits per heavy atom. The molecule has 0 bridgehead atoms. The molecule has 0 aliphatic carbocycles. The van der Waals surface area contributed by atoms with Gasteiger partial charge in [-0.1, -0.05) is 23.8 Å². The molecule has 24 heavy (non-hydrogen) atoms. The number of nitrogens with zero attached hydrogens (tertiary/aromatic N) is 3. The zero-order chi connectivity index (χ0) is 16.8. The molecular formula is C18H23N3O2S. The van der Waals surface area contributed by atoms with E-state index in [-0.39, 0.29) is 23.9 Å². The SMILES string of the molecule is Cc1ccc(C)c(CN2CCN3C(=O)[C@@H]4CSCN4C(=O)[C@H]3C2)c1. The van der Waals surface area contributed by atoms with Crippen LogP contribution in [0.4, 0.5) is 0 Å². The van der Waals surface area contributed by atoms with Crippen molar-refractivity contribution in [3.8, 4) is 0 Å². The molecule has 1 aromatic carbocycles. The molecule has 3 heterocycles. The number of fused-ring (bicyclic) bond motifs is 2. The molecule has 3 aliphatic heterocycles. The Morgan fingerprint density at radius 2 is 1.88 bits per heavy atom. The number of benzene rings is 1. The molecule has 0 N–H and O–H groups in total. The normalized spacial score (nSPS) is 27.4. The number of carbonyl (C=O) groups is 2. The Morgan fingerprint density at radius 3 is 2.71 bits per heavy atom. The molecule has 6 heteroatoms. The summed E-state index contributed by atoms with van der Waals surface area (Å²) in [5.74, 6) is 1.70. The first kappa shape index (κ1) is 16.0. The van der Waals surface area contributed by atoms with Gasteiger partial charge in [-0.05, 0) is 25.0 Å². The minimum Gasteiger partial charge on any atom is -0.326 e. The first-order chi connectivity index (χ1) is 11.5. The van der Waals surface area contributed by atoms with Crippen LogP contribution in [0.2, 0.25) is 0 Å². The van der Waals surface area contributed by atoms with E-state index >= 15 is 0 Å². The lowest BCUT2D eigenvalue weighted by Crippen LogP contribution is -2.69. The van der Waals surface area contributed by atoms with Gasteiger partial charge in [-0.15, -0.1) is 11.8 Å². The zero-order valence-corrected chi connectivity index (χ0v) is 15.0. The lowest BCUT2D eigenvalue weighted by atomic mass is 10.0. The van der Waals surface area contributed by atoms with Gasteiger partial charge in [0.25, 0.3) is 0 Å². The summed E-state index contributed by atoms with van der Waals surface area (Å²) in [6, 6.07) is 5.99. The Hall–Kier alpha value is -1.53. The van der Waals surface area contributed by atoms with E-state index in [1.165, 1.54) is 16.7 Å². The van der Waals surface area contributed by atoms with E-state index in [4.69, 9.17) is 0 Å². The second kappa shape index (κ2) is 6.08. The topological polar surface area (TPSA) is 43.9 Å². The van der Waals surface area contributed by atoms with Crippen LogP contribution in [-0.2, 0) is 16.1 Å². The number of piperazine rings is 2. The second-order valence-electron chi connectivity index (χ2n) is 7.04. The third-order valence-corrected chi connectivity index (χ3v) is 6.39. The summed E-state index contributed by atoms with van der Waals surface area (Å²) in [5, 5.41) is 0. The van der Waals surface area contributed by atoms with E-state index in [0.29, 0.717) is 19.0 Å². The summed E-state index contributed by atoms with van der Waals surface area (Å²) < 4.78 is 0. The predicted octanol–water partition coefficient (Wildman–Crippen LogP) is 1.23. The monoisotopic (exact) mass is 345 g/mol. The van der Waals surface area contributed by atoms with Crippen LogP contribution in [0.5, 0.6) is 0 Å². The maximum Gasteiger partial charge on any atom is 0.248 e. The first-order valence-corrected chi connectivity index (χ1v) is 9.67. The van der Waals surface area contributed by atoms with Crippen molar-refractivity contribution in [3.63, 3.8) is 0 Å². The molecule has 0 radical (unpaired) electrons. The van der Waals surface area contributed by atoms with Crippen LogP contribution in [0.3, 0.4) is 0 Å². The third-order valence-electron chi connectivity index (χ3n) is 5.38. The van der Waals surface area contributed by atoms with Crippen molar-refractivity contribution in [2.75, 3.05) is 31.3 Å². The predicted molar refractivity (Wildman–Crippen MR) is 94.7 cm³/mol. The van der Waals surface area contributed by atoms with Crippen LogP contribution in [0.15, 0.2) is 18.2 Å². The lowest BCUT2D eigenvalue weighted by Gasteiger charge is -2.47. The average Bonchev–Trinajstić information content (AvgIpc) is 3.06. The Labute approximate surface area is 147 Å². The Balaban J connectivity index is 1.51. The molecule has 3 aliphatic rings. The molecule has 3 saturated heterocycles. The van der Waals surface area contributed by atoms with Gasteiger partial charge in [-0.2, -0.15) is 0 Å². The molecule has 0 spiro atoms. The number of thioether (sulfide) groups is 1. The number of carbonyl (C=O) groups excluding carboxylic acids is 2. The highest BCUT2D eigenvalue weighted by Gasteiger charge is 2.49. The first-order valence-electron chi connectivity index (χ1n) is 8.52. The van der Waals surface area contributed by atoms with Gasteiger partial charge in [0.2, 0.25) is 11.8 Å².